The summed E-state index contributed by atoms with van der Waals surface area (Å²) >= 11 is 0. The van der Waals surface area contributed by atoms with Gasteiger partial charge in [0.15, 0.2) is 0 Å². The van der Waals surface area contributed by atoms with Crippen LogP contribution in [0.1, 0.15) is 19.4 Å². The standard InChI is InChI=1S/C15H19N3O8/c1-3-25-12-6-13(26-4-2)11(18(23)24)5-10(12)7-16-17(8-14(19)20)9-15(21)22/h5-7H,3-4,8-9H2,1-2H3,(H,19,20)(H,21,22)/b16-7-. The van der Waals surface area contributed by atoms with Crippen LogP contribution < -0.4 is 9.47 Å². The van der Waals surface area contributed by atoms with Crippen molar-refractivity contribution in [3.05, 3.63) is 27.8 Å². The van der Waals surface area contributed by atoms with Crippen LogP contribution in [0.5, 0.6) is 11.5 Å². The van der Waals surface area contributed by atoms with Crippen molar-refractivity contribution in [3.63, 3.8) is 0 Å². The second-order valence-corrected chi connectivity index (χ2v) is 4.84. The Morgan fingerprint density at radius 3 is 2.15 bits per heavy atom. The summed E-state index contributed by atoms with van der Waals surface area (Å²) in [6.45, 7) is 2.57. The molecule has 1 aromatic carbocycles. The van der Waals surface area contributed by atoms with Crippen molar-refractivity contribution in [1.82, 2.24) is 5.01 Å². The highest BCUT2D eigenvalue weighted by Crippen LogP contribution is 2.34. The number of hydrogen-bond acceptors (Lipinski definition) is 8. The zero-order chi connectivity index (χ0) is 19.7. The van der Waals surface area contributed by atoms with Crippen LogP contribution in [0.3, 0.4) is 0 Å². The molecule has 0 fully saturated rings. The molecule has 1 aromatic rings. The highest BCUT2D eigenvalue weighted by molar-refractivity contribution is 5.86. The van der Waals surface area contributed by atoms with E-state index < -0.39 is 30.0 Å². The number of rotatable bonds is 11. The molecule has 0 aliphatic carbocycles. The number of ether oxygens (including phenoxy) is 2. The average molecular weight is 369 g/mol. The van der Waals surface area contributed by atoms with Crippen LogP contribution in [0, 0.1) is 10.1 Å². The van der Waals surface area contributed by atoms with Gasteiger partial charge in [-0.05, 0) is 13.8 Å². The van der Waals surface area contributed by atoms with E-state index in [9.17, 15) is 19.7 Å². The molecule has 142 valence electrons. The van der Waals surface area contributed by atoms with E-state index in [4.69, 9.17) is 19.7 Å². The molecule has 0 atom stereocenters. The predicted molar refractivity (Wildman–Crippen MR) is 89.9 cm³/mol. The minimum absolute atomic E-state index is 0.0195. The number of benzene rings is 1. The summed E-state index contributed by atoms with van der Waals surface area (Å²) in [6, 6.07) is 2.50. The molecule has 0 aliphatic rings. The molecule has 1 rings (SSSR count). The SMILES string of the molecule is CCOc1cc(OCC)c([N+](=O)[O-])cc1/C=N\N(CC(=O)O)CC(=O)O. The Kier molecular flexibility index (Phi) is 7.80. The van der Waals surface area contributed by atoms with Crippen LogP contribution >= 0.6 is 0 Å². The molecular weight excluding hydrogens is 350 g/mol. The molecule has 2 N–H and O–H groups in total. The summed E-state index contributed by atoms with van der Waals surface area (Å²) in [4.78, 5) is 32.2. The van der Waals surface area contributed by atoms with Gasteiger partial charge >= 0.3 is 17.6 Å². The maximum absolute atomic E-state index is 11.2. The number of nitrogens with zero attached hydrogens (tertiary/aromatic N) is 3. The van der Waals surface area contributed by atoms with Gasteiger partial charge in [0.25, 0.3) is 0 Å². The van der Waals surface area contributed by atoms with Gasteiger partial charge in [-0.15, -0.1) is 0 Å². The normalized spacial score (nSPS) is 10.5. The van der Waals surface area contributed by atoms with Crippen molar-refractivity contribution in [2.45, 2.75) is 13.8 Å². The van der Waals surface area contributed by atoms with Crippen molar-refractivity contribution in [2.75, 3.05) is 26.3 Å². The summed E-state index contributed by atoms with van der Waals surface area (Å²) in [5.41, 5.74) is -0.137. The number of hydrogen-bond donors (Lipinski definition) is 2. The first-order valence-corrected chi connectivity index (χ1v) is 7.59. The van der Waals surface area contributed by atoms with Gasteiger partial charge in [-0.25, -0.2) is 0 Å². The Labute approximate surface area is 148 Å². The van der Waals surface area contributed by atoms with E-state index in [-0.39, 0.29) is 36.0 Å². The molecule has 0 heterocycles. The average Bonchev–Trinajstić information content (AvgIpc) is 2.53. The molecule has 0 unspecified atom stereocenters. The summed E-state index contributed by atoms with van der Waals surface area (Å²) in [7, 11) is 0. The van der Waals surface area contributed by atoms with Crippen LogP contribution in [-0.2, 0) is 9.59 Å². The Hall–Kier alpha value is -3.37. The number of aliphatic carboxylic acids is 2. The number of hydrazone groups is 1. The lowest BCUT2D eigenvalue weighted by Crippen LogP contribution is -2.30. The molecule has 0 amide bonds. The minimum Gasteiger partial charge on any atom is -0.493 e. The maximum atomic E-state index is 11.2. The third-order valence-electron chi connectivity index (χ3n) is 2.88. The van der Waals surface area contributed by atoms with Crippen LogP contribution in [0.15, 0.2) is 17.2 Å². The number of nitro groups is 1. The Morgan fingerprint density at radius 2 is 1.69 bits per heavy atom. The zero-order valence-corrected chi connectivity index (χ0v) is 14.2. The molecule has 11 heteroatoms. The van der Waals surface area contributed by atoms with E-state index >= 15 is 0 Å². The lowest BCUT2D eigenvalue weighted by molar-refractivity contribution is -0.385. The van der Waals surface area contributed by atoms with Crippen LogP contribution in [0.4, 0.5) is 5.69 Å². The minimum atomic E-state index is -1.27. The fraction of sp³-hybridized carbons (Fsp3) is 0.400. The first-order valence-electron chi connectivity index (χ1n) is 7.59. The van der Waals surface area contributed by atoms with E-state index in [1.54, 1.807) is 13.8 Å². The molecule has 0 spiro atoms. The smallest absolute Gasteiger partial charge is 0.324 e. The van der Waals surface area contributed by atoms with E-state index in [0.717, 1.165) is 11.2 Å². The van der Waals surface area contributed by atoms with E-state index in [2.05, 4.69) is 5.10 Å². The van der Waals surface area contributed by atoms with E-state index in [0.29, 0.717) is 0 Å². The molecule has 0 aliphatic heterocycles. The summed E-state index contributed by atoms with van der Waals surface area (Å²) in [5.74, 6) is -2.29. The van der Waals surface area contributed by atoms with Gasteiger partial charge in [0.2, 0.25) is 5.75 Å². The predicted octanol–water partition coefficient (Wildman–Crippen LogP) is 1.20. The molecule has 0 saturated heterocycles. The second kappa shape index (κ2) is 9.81. The summed E-state index contributed by atoms with van der Waals surface area (Å²) < 4.78 is 10.6. The summed E-state index contributed by atoms with van der Waals surface area (Å²) in [5, 5.41) is 33.4. The number of nitro benzene ring substituents is 1. The molecule has 0 aromatic heterocycles. The Balaban J connectivity index is 3.29. The Morgan fingerprint density at radius 1 is 1.15 bits per heavy atom. The van der Waals surface area contributed by atoms with Gasteiger partial charge in [-0.2, -0.15) is 5.10 Å². The van der Waals surface area contributed by atoms with Crippen molar-refractivity contribution >= 4 is 23.8 Å². The molecular formula is C15H19N3O8. The topological polar surface area (TPSA) is 152 Å². The highest BCUT2D eigenvalue weighted by Gasteiger charge is 2.20. The summed E-state index contributed by atoms with van der Waals surface area (Å²) in [6.07, 6.45) is 1.11. The quantitative estimate of drug-likeness (QED) is 0.333. The first-order chi connectivity index (χ1) is 12.3. The van der Waals surface area contributed by atoms with Crippen molar-refractivity contribution in [3.8, 4) is 11.5 Å². The number of carboxylic acids is 2. The Bertz CT molecular complexity index is 688. The molecule has 26 heavy (non-hydrogen) atoms. The van der Waals surface area contributed by atoms with Crippen molar-refractivity contribution in [2.24, 2.45) is 5.10 Å². The number of carbonyl (C=O) groups is 2. The second-order valence-electron chi connectivity index (χ2n) is 4.84. The third-order valence-corrected chi connectivity index (χ3v) is 2.88. The first kappa shape index (κ1) is 20.7. The molecule has 0 bridgehead atoms. The maximum Gasteiger partial charge on any atom is 0.324 e. The molecule has 0 radical (unpaired) electrons. The van der Waals surface area contributed by atoms with E-state index in [1.165, 1.54) is 12.1 Å². The van der Waals surface area contributed by atoms with Gasteiger partial charge in [-0.3, -0.25) is 24.7 Å². The van der Waals surface area contributed by atoms with Gasteiger partial charge < -0.3 is 19.7 Å². The van der Waals surface area contributed by atoms with Crippen LogP contribution in [0.25, 0.3) is 0 Å². The molecule has 0 saturated carbocycles. The van der Waals surface area contributed by atoms with Crippen molar-refractivity contribution in [1.29, 1.82) is 0 Å². The highest BCUT2D eigenvalue weighted by atomic mass is 16.6. The monoisotopic (exact) mass is 369 g/mol. The number of carboxylic acid groups (broad SMARTS) is 2. The fourth-order valence-corrected chi connectivity index (χ4v) is 1.95. The van der Waals surface area contributed by atoms with Crippen molar-refractivity contribution < 1.29 is 34.2 Å². The van der Waals surface area contributed by atoms with Crippen LogP contribution in [-0.4, -0.2) is 64.6 Å². The largest absolute Gasteiger partial charge is 0.493 e. The van der Waals surface area contributed by atoms with Gasteiger partial charge in [-0.1, -0.05) is 0 Å². The zero-order valence-electron chi connectivity index (χ0n) is 14.2. The lowest BCUT2D eigenvalue weighted by atomic mass is 10.1. The van der Waals surface area contributed by atoms with E-state index in [1.807, 2.05) is 0 Å². The lowest BCUT2D eigenvalue weighted by Gasteiger charge is -2.15. The van der Waals surface area contributed by atoms with Gasteiger partial charge in [0.05, 0.1) is 24.4 Å². The third kappa shape index (κ3) is 6.26. The fourth-order valence-electron chi connectivity index (χ4n) is 1.95. The van der Waals surface area contributed by atoms with Gasteiger partial charge in [0, 0.05) is 17.7 Å². The van der Waals surface area contributed by atoms with Crippen LogP contribution in [0.2, 0.25) is 0 Å². The molecule has 11 nitrogen and oxygen atoms in total. The van der Waals surface area contributed by atoms with Gasteiger partial charge in [0.1, 0.15) is 18.8 Å².